The third kappa shape index (κ3) is 3.02. The molecule has 0 aromatic carbocycles. The third-order valence-corrected chi connectivity index (χ3v) is 1.66. The normalized spacial score (nSPS) is 24.2. The number of carbonyl (C=O) groups is 1. The molecule has 1 fully saturated rings. The van der Waals surface area contributed by atoms with E-state index in [-0.39, 0.29) is 11.9 Å². The number of hydrogen-bond donors (Lipinski definition) is 2. The van der Waals surface area contributed by atoms with Crippen molar-refractivity contribution in [3.05, 3.63) is 12.7 Å². The van der Waals surface area contributed by atoms with Crippen molar-refractivity contribution in [2.75, 3.05) is 26.3 Å². The number of nitrogens with one attached hydrogen (secondary N) is 2. The van der Waals surface area contributed by atoms with Crippen molar-refractivity contribution in [1.82, 2.24) is 10.6 Å². The predicted octanol–water partition coefficient (Wildman–Crippen LogP) is -0.723. The van der Waals surface area contributed by atoms with Crippen LogP contribution >= 0.6 is 0 Å². The van der Waals surface area contributed by atoms with Gasteiger partial charge < -0.3 is 15.4 Å². The van der Waals surface area contributed by atoms with Crippen LogP contribution in [0.4, 0.5) is 0 Å². The Labute approximate surface area is 72.0 Å². The monoisotopic (exact) mass is 170 g/mol. The topological polar surface area (TPSA) is 50.4 Å². The van der Waals surface area contributed by atoms with Gasteiger partial charge in [0.1, 0.15) is 0 Å². The summed E-state index contributed by atoms with van der Waals surface area (Å²) < 4.78 is 5.24. The fourth-order valence-corrected chi connectivity index (χ4v) is 1.06. The summed E-state index contributed by atoms with van der Waals surface area (Å²) in [4.78, 5) is 10.9. The Balaban J connectivity index is 2.29. The van der Waals surface area contributed by atoms with Crippen molar-refractivity contribution in [1.29, 1.82) is 0 Å². The van der Waals surface area contributed by atoms with Gasteiger partial charge in [0, 0.05) is 13.1 Å². The predicted molar refractivity (Wildman–Crippen MR) is 45.8 cm³/mol. The molecule has 4 nitrogen and oxygen atoms in total. The van der Waals surface area contributed by atoms with Crippen molar-refractivity contribution < 1.29 is 9.53 Å². The zero-order valence-electron chi connectivity index (χ0n) is 7.01. The van der Waals surface area contributed by atoms with Gasteiger partial charge in [0.15, 0.2) is 0 Å². The summed E-state index contributed by atoms with van der Waals surface area (Å²) in [6, 6.07) is 0.0676. The van der Waals surface area contributed by atoms with Crippen LogP contribution in [0.5, 0.6) is 0 Å². The lowest BCUT2D eigenvalue weighted by molar-refractivity contribution is -0.117. The highest BCUT2D eigenvalue weighted by molar-refractivity contribution is 5.87. The van der Waals surface area contributed by atoms with Crippen molar-refractivity contribution in [2.45, 2.75) is 6.04 Å². The molecule has 1 heterocycles. The molecule has 1 aliphatic heterocycles. The Morgan fingerprint density at radius 2 is 2.58 bits per heavy atom. The van der Waals surface area contributed by atoms with Gasteiger partial charge in [0.2, 0.25) is 5.91 Å². The average Bonchev–Trinajstić information content (AvgIpc) is 2.33. The van der Waals surface area contributed by atoms with Crippen molar-refractivity contribution >= 4 is 5.91 Å². The van der Waals surface area contributed by atoms with E-state index in [4.69, 9.17) is 4.74 Å². The SMILES string of the molecule is C=CC(=O)NC1CNCCOC1. The lowest BCUT2D eigenvalue weighted by atomic mass is 10.3. The van der Waals surface area contributed by atoms with Gasteiger partial charge in [0.05, 0.1) is 19.3 Å². The smallest absolute Gasteiger partial charge is 0.243 e. The van der Waals surface area contributed by atoms with Gasteiger partial charge in [-0.2, -0.15) is 0 Å². The number of amides is 1. The summed E-state index contributed by atoms with van der Waals surface area (Å²) in [6.07, 6.45) is 1.27. The quantitative estimate of drug-likeness (QED) is 0.538. The van der Waals surface area contributed by atoms with E-state index in [0.29, 0.717) is 13.2 Å². The molecule has 2 N–H and O–H groups in total. The second-order valence-electron chi connectivity index (χ2n) is 2.69. The van der Waals surface area contributed by atoms with Gasteiger partial charge in [-0.05, 0) is 6.08 Å². The van der Waals surface area contributed by atoms with Crippen LogP contribution in [0.15, 0.2) is 12.7 Å². The van der Waals surface area contributed by atoms with Crippen LogP contribution in [0.3, 0.4) is 0 Å². The number of hydrogen-bond acceptors (Lipinski definition) is 3. The molecule has 1 atom stereocenters. The molecule has 0 aromatic heterocycles. The summed E-state index contributed by atoms with van der Waals surface area (Å²) >= 11 is 0. The number of rotatable bonds is 2. The Bertz CT molecular complexity index is 162. The van der Waals surface area contributed by atoms with E-state index in [2.05, 4.69) is 17.2 Å². The van der Waals surface area contributed by atoms with Gasteiger partial charge in [-0.25, -0.2) is 0 Å². The molecule has 0 radical (unpaired) electrons. The molecule has 1 unspecified atom stereocenters. The van der Waals surface area contributed by atoms with Gasteiger partial charge in [-0.1, -0.05) is 6.58 Å². The first-order chi connectivity index (χ1) is 5.83. The summed E-state index contributed by atoms with van der Waals surface area (Å²) in [5.41, 5.74) is 0. The first-order valence-electron chi connectivity index (χ1n) is 4.04. The maximum atomic E-state index is 10.9. The molecular weight excluding hydrogens is 156 g/mol. The third-order valence-electron chi connectivity index (χ3n) is 1.66. The van der Waals surface area contributed by atoms with Crippen molar-refractivity contribution in [3.8, 4) is 0 Å². The highest BCUT2D eigenvalue weighted by Crippen LogP contribution is 1.89. The molecule has 0 aromatic rings. The molecule has 1 saturated heterocycles. The fraction of sp³-hybridized carbons (Fsp3) is 0.625. The molecule has 1 aliphatic rings. The van der Waals surface area contributed by atoms with E-state index >= 15 is 0 Å². The summed E-state index contributed by atoms with van der Waals surface area (Å²) in [6.45, 7) is 6.27. The minimum absolute atomic E-state index is 0.0676. The van der Waals surface area contributed by atoms with Crippen LogP contribution in [0, 0.1) is 0 Å². The van der Waals surface area contributed by atoms with Gasteiger partial charge in [0.25, 0.3) is 0 Å². The lowest BCUT2D eigenvalue weighted by Crippen LogP contribution is -2.42. The largest absolute Gasteiger partial charge is 0.378 e. The summed E-state index contributed by atoms with van der Waals surface area (Å²) in [5.74, 6) is -0.146. The standard InChI is InChI=1S/C8H14N2O2/c1-2-8(11)10-7-5-9-3-4-12-6-7/h2,7,9H,1,3-6H2,(H,10,11). The van der Waals surface area contributed by atoms with E-state index in [1.807, 2.05) is 0 Å². The van der Waals surface area contributed by atoms with Crippen LogP contribution < -0.4 is 10.6 Å². The zero-order valence-corrected chi connectivity index (χ0v) is 7.01. The Hall–Kier alpha value is -0.870. The van der Waals surface area contributed by atoms with E-state index in [1.165, 1.54) is 6.08 Å². The maximum absolute atomic E-state index is 10.9. The molecule has 68 valence electrons. The van der Waals surface area contributed by atoms with Gasteiger partial charge in [-0.3, -0.25) is 4.79 Å². The molecule has 12 heavy (non-hydrogen) atoms. The highest BCUT2D eigenvalue weighted by atomic mass is 16.5. The van der Waals surface area contributed by atoms with E-state index in [1.54, 1.807) is 0 Å². The van der Waals surface area contributed by atoms with Crippen LogP contribution in [0.1, 0.15) is 0 Å². The number of carbonyl (C=O) groups excluding carboxylic acids is 1. The molecule has 0 aliphatic carbocycles. The summed E-state index contributed by atoms with van der Waals surface area (Å²) in [5, 5.41) is 5.92. The second kappa shape index (κ2) is 4.90. The van der Waals surface area contributed by atoms with E-state index in [0.717, 1.165) is 13.1 Å². The minimum Gasteiger partial charge on any atom is -0.378 e. The average molecular weight is 170 g/mol. The maximum Gasteiger partial charge on any atom is 0.243 e. The first-order valence-corrected chi connectivity index (χ1v) is 4.04. The van der Waals surface area contributed by atoms with Crippen LogP contribution in [-0.4, -0.2) is 38.3 Å². The number of ether oxygens (including phenoxy) is 1. The van der Waals surface area contributed by atoms with E-state index in [9.17, 15) is 4.79 Å². The molecule has 0 bridgehead atoms. The molecule has 0 spiro atoms. The Morgan fingerprint density at radius 3 is 3.33 bits per heavy atom. The molecule has 4 heteroatoms. The Morgan fingerprint density at radius 1 is 1.75 bits per heavy atom. The van der Waals surface area contributed by atoms with Crippen LogP contribution in [0.25, 0.3) is 0 Å². The fourth-order valence-electron chi connectivity index (χ4n) is 1.06. The molecular formula is C8H14N2O2. The molecule has 0 saturated carbocycles. The van der Waals surface area contributed by atoms with Gasteiger partial charge >= 0.3 is 0 Å². The molecule has 1 rings (SSSR count). The first kappa shape index (κ1) is 9.22. The summed E-state index contributed by atoms with van der Waals surface area (Å²) in [7, 11) is 0. The second-order valence-corrected chi connectivity index (χ2v) is 2.69. The lowest BCUT2D eigenvalue weighted by Gasteiger charge is -2.13. The zero-order chi connectivity index (χ0) is 8.81. The van der Waals surface area contributed by atoms with Crippen molar-refractivity contribution in [2.24, 2.45) is 0 Å². The van der Waals surface area contributed by atoms with Crippen LogP contribution in [-0.2, 0) is 9.53 Å². The van der Waals surface area contributed by atoms with Crippen molar-refractivity contribution in [3.63, 3.8) is 0 Å². The molecule has 1 amide bonds. The Kier molecular flexibility index (Phi) is 3.76. The van der Waals surface area contributed by atoms with Crippen LogP contribution in [0.2, 0.25) is 0 Å². The minimum atomic E-state index is -0.146. The van der Waals surface area contributed by atoms with E-state index < -0.39 is 0 Å². The highest BCUT2D eigenvalue weighted by Gasteiger charge is 2.12. The van der Waals surface area contributed by atoms with Gasteiger partial charge in [-0.15, -0.1) is 0 Å².